The molecule has 0 saturated heterocycles. The van der Waals surface area contributed by atoms with E-state index in [1.165, 1.54) is 0 Å². The molecule has 0 aliphatic heterocycles. The number of esters is 2. The van der Waals surface area contributed by atoms with Crippen LogP contribution >= 0.6 is 0 Å². The van der Waals surface area contributed by atoms with E-state index in [9.17, 15) is 14.4 Å². The van der Waals surface area contributed by atoms with Crippen LogP contribution in [0.1, 0.15) is 41.0 Å². The molecule has 7 heteroatoms. The molecule has 0 fully saturated rings. The molecule has 0 heterocycles. The van der Waals surface area contributed by atoms with Gasteiger partial charge in [-0.05, 0) is 26.7 Å². The average Bonchev–Trinajstić information content (AvgIpc) is 2.23. The molecule has 0 aromatic heterocycles. The Balaban J connectivity index is 4.64. The second-order valence-corrected chi connectivity index (χ2v) is 5.82. The van der Waals surface area contributed by atoms with E-state index in [4.69, 9.17) is 20.3 Å². The number of ether oxygens (including phenoxy) is 2. The summed E-state index contributed by atoms with van der Waals surface area (Å²) in [5.74, 6) is -3.22. The predicted molar refractivity (Wildman–Crippen MR) is 70.8 cm³/mol. The molecule has 0 saturated carbocycles. The van der Waals surface area contributed by atoms with Crippen LogP contribution in [0.2, 0.25) is 0 Å². The maximum atomic E-state index is 11.6. The molecule has 0 radical (unpaired) electrons. The minimum Gasteiger partial charge on any atom is -0.478 e. The van der Waals surface area contributed by atoms with E-state index in [-0.39, 0.29) is 5.92 Å². The Bertz CT molecular complexity index is 372. The van der Waals surface area contributed by atoms with Crippen molar-refractivity contribution in [1.29, 1.82) is 0 Å². The molecule has 0 rings (SSSR count). The molecule has 1 unspecified atom stereocenters. The van der Waals surface area contributed by atoms with Crippen LogP contribution in [-0.4, -0.2) is 40.8 Å². The van der Waals surface area contributed by atoms with E-state index >= 15 is 0 Å². The Morgan fingerprint density at radius 3 is 2.05 bits per heavy atom. The summed E-state index contributed by atoms with van der Waals surface area (Å²) in [6.45, 7) is 8.37. The molecule has 0 aliphatic carbocycles. The Kier molecular flexibility index (Phi) is 6.64. The molecule has 3 N–H and O–H groups in total. The molecule has 0 amide bonds. The van der Waals surface area contributed by atoms with Crippen LogP contribution in [0.25, 0.3) is 0 Å². The first-order valence-electron chi connectivity index (χ1n) is 6.34. The van der Waals surface area contributed by atoms with Crippen molar-refractivity contribution in [1.82, 2.24) is 0 Å². The smallest absolute Gasteiger partial charge is 0.345 e. The number of carboxylic acids is 1. The predicted octanol–water partition coefficient (Wildman–Crippen LogP) is 0.698. The lowest BCUT2D eigenvalue weighted by atomic mass is 10.1. The first-order valence-corrected chi connectivity index (χ1v) is 6.34. The molecule has 0 spiro atoms. The molecule has 0 aromatic carbocycles. The van der Waals surface area contributed by atoms with Gasteiger partial charge in [0.25, 0.3) is 0 Å². The topological polar surface area (TPSA) is 116 Å². The van der Waals surface area contributed by atoms with Crippen molar-refractivity contribution in [3.63, 3.8) is 0 Å². The van der Waals surface area contributed by atoms with Crippen molar-refractivity contribution < 1.29 is 29.0 Å². The third-order valence-corrected chi connectivity index (χ3v) is 2.30. The van der Waals surface area contributed by atoms with Crippen LogP contribution in [0.4, 0.5) is 0 Å². The molecule has 0 aliphatic rings. The van der Waals surface area contributed by atoms with E-state index in [1.807, 2.05) is 0 Å². The normalized spacial score (nSPS) is 14.6. The van der Waals surface area contributed by atoms with Crippen molar-refractivity contribution in [2.75, 3.05) is 0 Å². The van der Waals surface area contributed by atoms with Crippen molar-refractivity contribution in [2.45, 2.75) is 58.8 Å². The van der Waals surface area contributed by atoms with E-state index in [0.717, 1.165) is 0 Å². The van der Waals surface area contributed by atoms with Crippen LogP contribution in [-0.2, 0) is 23.9 Å². The maximum Gasteiger partial charge on any atom is 0.345 e. The van der Waals surface area contributed by atoms with Crippen LogP contribution in [0.5, 0.6) is 0 Å². The minimum atomic E-state index is -1.60. The number of rotatable bonds is 6. The van der Waals surface area contributed by atoms with Crippen molar-refractivity contribution in [3.05, 3.63) is 0 Å². The number of carbonyl (C=O) groups is 3. The number of hydrogen-bond donors (Lipinski definition) is 2. The van der Waals surface area contributed by atoms with Gasteiger partial charge >= 0.3 is 17.9 Å². The van der Waals surface area contributed by atoms with Crippen LogP contribution in [0.3, 0.4) is 0 Å². The molecule has 116 valence electrons. The molecular formula is C13H23NO6. The summed E-state index contributed by atoms with van der Waals surface area (Å²) < 4.78 is 9.74. The fourth-order valence-corrected chi connectivity index (χ4v) is 1.20. The van der Waals surface area contributed by atoms with Gasteiger partial charge in [-0.25, -0.2) is 4.79 Å². The Morgan fingerprint density at radius 2 is 1.70 bits per heavy atom. The summed E-state index contributed by atoms with van der Waals surface area (Å²) in [6.07, 6.45) is -2.15. The van der Waals surface area contributed by atoms with Gasteiger partial charge in [-0.3, -0.25) is 9.59 Å². The number of hydrogen-bond acceptors (Lipinski definition) is 6. The lowest BCUT2D eigenvalue weighted by molar-refractivity contribution is -0.172. The largest absolute Gasteiger partial charge is 0.478 e. The standard InChI is InChI=1S/C13H23NO6/c1-7(2)10(14)12(18)19-8(11(16)17)6-9(15)20-13(3,4)5/h7-8,10H,6,14H2,1-5H3,(H,16,17)/t8?,10-/m0/s1. The van der Waals surface area contributed by atoms with Gasteiger partial charge in [0, 0.05) is 0 Å². The Labute approximate surface area is 118 Å². The van der Waals surface area contributed by atoms with Gasteiger partial charge in [0.2, 0.25) is 6.10 Å². The average molecular weight is 289 g/mol. The monoisotopic (exact) mass is 289 g/mol. The third kappa shape index (κ3) is 7.08. The van der Waals surface area contributed by atoms with Gasteiger partial charge in [0.1, 0.15) is 11.6 Å². The summed E-state index contributed by atoms with van der Waals surface area (Å²) in [4.78, 5) is 34.2. The van der Waals surface area contributed by atoms with E-state index in [1.54, 1.807) is 34.6 Å². The zero-order chi connectivity index (χ0) is 16.1. The molecule has 0 bridgehead atoms. The van der Waals surface area contributed by atoms with Crippen molar-refractivity contribution in [2.24, 2.45) is 11.7 Å². The first-order chi connectivity index (χ1) is 8.94. The van der Waals surface area contributed by atoms with E-state index in [2.05, 4.69) is 0 Å². The number of carbonyl (C=O) groups excluding carboxylic acids is 2. The van der Waals surface area contributed by atoms with Gasteiger partial charge in [0.05, 0.1) is 6.42 Å². The van der Waals surface area contributed by atoms with Crippen LogP contribution < -0.4 is 5.73 Å². The van der Waals surface area contributed by atoms with E-state index < -0.39 is 42.1 Å². The fraction of sp³-hybridized carbons (Fsp3) is 0.769. The molecular weight excluding hydrogens is 266 g/mol. The summed E-state index contributed by atoms with van der Waals surface area (Å²) in [6, 6.07) is -0.935. The zero-order valence-corrected chi connectivity index (χ0v) is 12.5. The molecule has 2 atom stereocenters. The fourth-order valence-electron chi connectivity index (χ4n) is 1.20. The highest BCUT2D eigenvalue weighted by molar-refractivity contribution is 5.84. The lowest BCUT2D eigenvalue weighted by Gasteiger charge is -2.22. The number of nitrogens with two attached hydrogens (primary N) is 1. The molecule has 7 nitrogen and oxygen atoms in total. The van der Waals surface area contributed by atoms with Crippen LogP contribution in [0, 0.1) is 5.92 Å². The third-order valence-electron chi connectivity index (χ3n) is 2.30. The van der Waals surface area contributed by atoms with Crippen molar-refractivity contribution in [3.8, 4) is 0 Å². The molecule has 0 aromatic rings. The Morgan fingerprint density at radius 1 is 1.20 bits per heavy atom. The lowest BCUT2D eigenvalue weighted by Crippen LogP contribution is -2.41. The number of carboxylic acid groups (broad SMARTS) is 1. The Hall–Kier alpha value is -1.63. The molecule has 20 heavy (non-hydrogen) atoms. The number of aliphatic carboxylic acids is 1. The van der Waals surface area contributed by atoms with Gasteiger partial charge in [-0.15, -0.1) is 0 Å². The van der Waals surface area contributed by atoms with Gasteiger partial charge in [-0.1, -0.05) is 13.8 Å². The first kappa shape index (κ1) is 18.4. The van der Waals surface area contributed by atoms with Gasteiger partial charge < -0.3 is 20.3 Å². The summed E-state index contributed by atoms with van der Waals surface area (Å²) in [5.41, 5.74) is 4.82. The van der Waals surface area contributed by atoms with Crippen molar-refractivity contribution >= 4 is 17.9 Å². The SMILES string of the molecule is CC(C)[C@H](N)C(=O)OC(CC(=O)OC(C)(C)C)C(=O)O. The summed E-state index contributed by atoms with van der Waals surface area (Å²) in [7, 11) is 0. The highest BCUT2D eigenvalue weighted by Gasteiger charge is 2.30. The summed E-state index contributed by atoms with van der Waals surface area (Å²) >= 11 is 0. The maximum absolute atomic E-state index is 11.6. The van der Waals surface area contributed by atoms with E-state index in [0.29, 0.717) is 0 Å². The highest BCUT2D eigenvalue weighted by Crippen LogP contribution is 2.12. The second kappa shape index (κ2) is 7.23. The van der Waals surface area contributed by atoms with Gasteiger partial charge in [0.15, 0.2) is 0 Å². The van der Waals surface area contributed by atoms with Gasteiger partial charge in [-0.2, -0.15) is 0 Å². The second-order valence-electron chi connectivity index (χ2n) is 5.82. The van der Waals surface area contributed by atoms with Crippen LogP contribution in [0.15, 0.2) is 0 Å². The zero-order valence-electron chi connectivity index (χ0n) is 12.5. The highest BCUT2D eigenvalue weighted by atomic mass is 16.6. The quantitative estimate of drug-likeness (QED) is 0.691. The minimum absolute atomic E-state index is 0.196. The summed E-state index contributed by atoms with van der Waals surface area (Å²) in [5, 5.41) is 8.96.